The summed E-state index contributed by atoms with van der Waals surface area (Å²) in [6.07, 6.45) is 9.17. The van der Waals surface area contributed by atoms with Crippen molar-refractivity contribution >= 4 is 11.6 Å². The summed E-state index contributed by atoms with van der Waals surface area (Å²) in [6, 6.07) is 12.8. The number of benzene rings is 1. The van der Waals surface area contributed by atoms with E-state index in [9.17, 15) is 4.79 Å². The molecule has 2 fully saturated rings. The molecule has 2 atom stereocenters. The van der Waals surface area contributed by atoms with Gasteiger partial charge in [-0.25, -0.2) is 0 Å². The molecule has 160 valence electrons. The van der Waals surface area contributed by atoms with E-state index in [0.717, 1.165) is 31.7 Å². The van der Waals surface area contributed by atoms with E-state index >= 15 is 0 Å². The lowest BCUT2D eigenvalue weighted by molar-refractivity contribution is -0.116. The number of aromatic nitrogens is 1. The highest BCUT2D eigenvalue weighted by molar-refractivity contribution is 5.90. The summed E-state index contributed by atoms with van der Waals surface area (Å²) in [4.78, 5) is 22.1. The number of amides is 1. The largest absolute Gasteiger partial charge is 0.326 e. The Balaban J connectivity index is 1.35. The molecule has 1 amide bonds. The molecule has 4 rings (SSSR count). The number of anilines is 1. The highest BCUT2D eigenvalue weighted by atomic mass is 16.1. The number of likely N-dealkylation sites (tertiary alicyclic amines) is 2. The average Bonchev–Trinajstić information content (AvgIpc) is 3.29. The van der Waals surface area contributed by atoms with E-state index in [1.807, 2.05) is 42.7 Å². The highest BCUT2D eigenvalue weighted by Gasteiger charge is 2.34. The zero-order valence-electron chi connectivity index (χ0n) is 18.1. The molecule has 0 bridgehead atoms. The molecule has 2 aliphatic heterocycles. The fourth-order valence-electron chi connectivity index (χ4n) is 5.00. The Morgan fingerprint density at radius 3 is 2.67 bits per heavy atom. The number of nitrogens with one attached hydrogen (secondary N) is 1. The highest BCUT2D eigenvalue weighted by Crippen LogP contribution is 2.29. The molecular weight excluding hydrogens is 372 g/mol. The summed E-state index contributed by atoms with van der Waals surface area (Å²) in [6.45, 7) is 7.64. The van der Waals surface area contributed by atoms with Crippen LogP contribution in [0.2, 0.25) is 0 Å². The second kappa shape index (κ2) is 10.2. The molecule has 2 aromatic rings. The maximum Gasteiger partial charge on any atom is 0.224 e. The molecule has 0 unspecified atom stereocenters. The standard InChI is InChI=1S/C25H34N4O/c1-20-6-9-23(10-7-20)27-25(30)11-8-22-19-28(18-21-5-4-13-26-17-21)16-12-24(22)29-14-2-3-15-29/h4-7,9-10,13,17,22,24H,2-3,8,11-12,14-16,18-19H2,1H3,(H,27,30)/t22-,24+/m0/s1. The number of aryl methyl sites for hydroxylation is 1. The van der Waals surface area contributed by atoms with E-state index in [0.29, 0.717) is 18.4 Å². The van der Waals surface area contributed by atoms with E-state index in [-0.39, 0.29) is 5.91 Å². The summed E-state index contributed by atoms with van der Waals surface area (Å²) in [5.74, 6) is 0.667. The Hall–Kier alpha value is -2.24. The average molecular weight is 407 g/mol. The summed E-state index contributed by atoms with van der Waals surface area (Å²) in [5, 5.41) is 3.07. The Morgan fingerprint density at radius 2 is 1.93 bits per heavy atom. The van der Waals surface area contributed by atoms with Crippen molar-refractivity contribution in [3.63, 3.8) is 0 Å². The summed E-state index contributed by atoms with van der Waals surface area (Å²) >= 11 is 0. The van der Waals surface area contributed by atoms with Crippen LogP contribution in [0.1, 0.15) is 43.2 Å². The number of rotatable bonds is 7. The number of hydrogen-bond acceptors (Lipinski definition) is 4. The second-order valence-corrected chi connectivity index (χ2v) is 8.91. The molecule has 30 heavy (non-hydrogen) atoms. The Morgan fingerprint density at radius 1 is 1.13 bits per heavy atom. The number of nitrogens with zero attached hydrogens (tertiary/aromatic N) is 3. The van der Waals surface area contributed by atoms with Gasteiger partial charge in [-0.15, -0.1) is 0 Å². The van der Waals surface area contributed by atoms with Gasteiger partial charge >= 0.3 is 0 Å². The van der Waals surface area contributed by atoms with Crippen LogP contribution in [-0.2, 0) is 11.3 Å². The SMILES string of the molecule is Cc1ccc(NC(=O)CC[C@H]2CN(Cc3cccnc3)CC[C@H]2N2CCCC2)cc1. The van der Waals surface area contributed by atoms with Gasteiger partial charge in [0.1, 0.15) is 0 Å². The molecule has 5 heteroatoms. The first-order chi connectivity index (χ1) is 14.7. The second-order valence-electron chi connectivity index (χ2n) is 8.91. The lowest BCUT2D eigenvalue weighted by Crippen LogP contribution is -2.50. The van der Waals surface area contributed by atoms with Crippen molar-refractivity contribution in [2.24, 2.45) is 5.92 Å². The van der Waals surface area contributed by atoms with Crippen molar-refractivity contribution in [2.75, 3.05) is 31.5 Å². The molecule has 0 radical (unpaired) electrons. The molecule has 1 N–H and O–H groups in total. The van der Waals surface area contributed by atoms with Crippen LogP contribution in [0.3, 0.4) is 0 Å². The Bertz CT molecular complexity index is 802. The molecule has 3 heterocycles. The predicted octanol–water partition coefficient (Wildman–Crippen LogP) is 4.10. The first kappa shape index (κ1) is 21.0. The topological polar surface area (TPSA) is 48.5 Å². The summed E-state index contributed by atoms with van der Waals surface area (Å²) in [5.41, 5.74) is 3.37. The minimum Gasteiger partial charge on any atom is -0.326 e. The maximum atomic E-state index is 12.6. The number of piperidine rings is 1. The quantitative estimate of drug-likeness (QED) is 0.752. The van der Waals surface area contributed by atoms with Gasteiger partial charge < -0.3 is 10.2 Å². The summed E-state index contributed by atoms with van der Waals surface area (Å²) < 4.78 is 0. The minimum absolute atomic E-state index is 0.128. The number of carbonyl (C=O) groups excluding carboxylic acids is 1. The molecule has 2 saturated heterocycles. The predicted molar refractivity (Wildman–Crippen MR) is 121 cm³/mol. The first-order valence-corrected chi connectivity index (χ1v) is 11.4. The van der Waals surface area contributed by atoms with Crippen LogP contribution in [0, 0.1) is 12.8 Å². The van der Waals surface area contributed by atoms with Crippen molar-refractivity contribution in [1.29, 1.82) is 0 Å². The molecule has 2 aliphatic rings. The van der Waals surface area contributed by atoms with E-state index in [1.165, 1.54) is 43.5 Å². The van der Waals surface area contributed by atoms with Crippen molar-refractivity contribution in [2.45, 2.75) is 51.6 Å². The van der Waals surface area contributed by atoms with Gasteiger partial charge in [0.15, 0.2) is 0 Å². The Labute approximate surface area is 180 Å². The molecule has 5 nitrogen and oxygen atoms in total. The third-order valence-corrected chi connectivity index (χ3v) is 6.59. The van der Waals surface area contributed by atoms with E-state index in [1.54, 1.807) is 0 Å². The van der Waals surface area contributed by atoms with Crippen LogP contribution < -0.4 is 5.32 Å². The normalized spacial score (nSPS) is 22.8. The van der Waals surface area contributed by atoms with E-state index in [2.05, 4.69) is 33.1 Å². The zero-order valence-corrected chi connectivity index (χ0v) is 18.1. The van der Waals surface area contributed by atoms with Crippen molar-refractivity contribution in [1.82, 2.24) is 14.8 Å². The fourth-order valence-corrected chi connectivity index (χ4v) is 5.00. The van der Waals surface area contributed by atoms with Crippen molar-refractivity contribution in [3.8, 4) is 0 Å². The van der Waals surface area contributed by atoms with Gasteiger partial charge in [0.25, 0.3) is 0 Å². The van der Waals surface area contributed by atoms with Gasteiger partial charge in [-0.05, 0) is 81.9 Å². The lowest BCUT2D eigenvalue weighted by Gasteiger charge is -2.43. The molecular formula is C25H34N4O. The third kappa shape index (κ3) is 5.67. The number of carbonyl (C=O) groups is 1. The van der Waals surface area contributed by atoms with Crippen molar-refractivity contribution < 1.29 is 4.79 Å². The van der Waals surface area contributed by atoms with Gasteiger partial charge in [0.05, 0.1) is 0 Å². The lowest BCUT2D eigenvalue weighted by atomic mass is 9.86. The van der Waals surface area contributed by atoms with Gasteiger partial charge in [0.2, 0.25) is 5.91 Å². The first-order valence-electron chi connectivity index (χ1n) is 11.4. The molecule has 0 aliphatic carbocycles. The molecule has 0 spiro atoms. The van der Waals surface area contributed by atoms with Crippen LogP contribution in [0.25, 0.3) is 0 Å². The maximum absolute atomic E-state index is 12.6. The van der Waals surface area contributed by atoms with Gasteiger partial charge in [-0.1, -0.05) is 23.8 Å². The van der Waals surface area contributed by atoms with Gasteiger partial charge in [0, 0.05) is 43.6 Å². The number of pyridine rings is 1. The molecule has 0 saturated carbocycles. The van der Waals surface area contributed by atoms with Gasteiger partial charge in [-0.2, -0.15) is 0 Å². The van der Waals surface area contributed by atoms with Gasteiger partial charge in [-0.3, -0.25) is 14.7 Å². The van der Waals surface area contributed by atoms with E-state index in [4.69, 9.17) is 0 Å². The third-order valence-electron chi connectivity index (χ3n) is 6.59. The van der Waals surface area contributed by atoms with E-state index < -0.39 is 0 Å². The monoisotopic (exact) mass is 406 g/mol. The summed E-state index contributed by atoms with van der Waals surface area (Å²) in [7, 11) is 0. The van der Waals surface area contributed by atoms with Crippen LogP contribution in [0.15, 0.2) is 48.8 Å². The van der Waals surface area contributed by atoms with Crippen LogP contribution in [0.4, 0.5) is 5.69 Å². The Kier molecular flexibility index (Phi) is 7.13. The van der Waals surface area contributed by atoms with Crippen LogP contribution >= 0.6 is 0 Å². The fraction of sp³-hybridized carbons (Fsp3) is 0.520. The molecule has 1 aromatic heterocycles. The number of hydrogen-bond donors (Lipinski definition) is 1. The minimum atomic E-state index is 0.128. The van der Waals surface area contributed by atoms with Crippen LogP contribution in [0.5, 0.6) is 0 Å². The van der Waals surface area contributed by atoms with Crippen LogP contribution in [-0.4, -0.2) is 52.9 Å². The van der Waals surface area contributed by atoms with Crippen molar-refractivity contribution in [3.05, 3.63) is 59.9 Å². The zero-order chi connectivity index (χ0) is 20.8. The smallest absolute Gasteiger partial charge is 0.224 e. The molecule has 1 aromatic carbocycles.